The van der Waals surface area contributed by atoms with Gasteiger partial charge in [0.25, 0.3) is 0 Å². The molecule has 0 aliphatic rings. The molecule has 0 saturated heterocycles. The standard InChI is InChI=1S/C15H23FO/c1-4-12(5-2)10-15(3,17)11-13-7-6-8-14(16)9-13/h6-9,12,17H,4-5,10-11H2,1-3H3. The Kier molecular flexibility index (Phi) is 5.13. The predicted octanol–water partition coefficient (Wildman–Crippen LogP) is 3.95. The first-order valence-electron chi connectivity index (χ1n) is 6.43. The Bertz CT molecular complexity index is 343. The average Bonchev–Trinajstić information content (AvgIpc) is 2.25. The van der Waals surface area contributed by atoms with Crippen molar-refractivity contribution in [2.24, 2.45) is 5.92 Å². The second-order valence-corrected chi connectivity index (χ2v) is 5.19. The fourth-order valence-electron chi connectivity index (χ4n) is 2.36. The monoisotopic (exact) mass is 238 g/mol. The smallest absolute Gasteiger partial charge is 0.123 e. The van der Waals surface area contributed by atoms with Gasteiger partial charge in [0.1, 0.15) is 5.82 Å². The van der Waals surface area contributed by atoms with Crippen LogP contribution in [0.5, 0.6) is 0 Å². The lowest BCUT2D eigenvalue weighted by atomic mass is 9.84. The van der Waals surface area contributed by atoms with Crippen molar-refractivity contribution in [2.45, 2.75) is 52.1 Å². The van der Waals surface area contributed by atoms with Crippen LogP contribution >= 0.6 is 0 Å². The average molecular weight is 238 g/mol. The topological polar surface area (TPSA) is 20.2 Å². The normalized spacial score (nSPS) is 14.9. The third kappa shape index (κ3) is 4.86. The molecule has 0 aromatic heterocycles. The van der Waals surface area contributed by atoms with Crippen molar-refractivity contribution in [3.8, 4) is 0 Å². The highest BCUT2D eigenvalue weighted by atomic mass is 19.1. The molecule has 1 aromatic rings. The van der Waals surface area contributed by atoms with E-state index in [1.807, 2.05) is 13.0 Å². The van der Waals surface area contributed by atoms with Crippen LogP contribution in [0.25, 0.3) is 0 Å². The van der Waals surface area contributed by atoms with Crippen molar-refractivity contribution in [1.29, 1.82) is 0 Å². The molecule has 0 spiro atoms. The SMILES string of the molecule is CCC(CC)CC(C)(O)Cc1cccc(F)c1. The summed E-state index contributed by atoms with van der Waals surface area (Å²) in [7, 11) is 0. The first-order chi connectivity index (χ1) is 7.96. The quantitative estimate of drug-likeness (QED) is 0.795. The number of aliphatic hydroxyl groups is 1. The summed E-state index contributed by atoms with van der Waals surface area (Å²) in [5, 5.41) is 10.4. The Morgan fingerprint density at radius 1 is 1.29 bits per heavy atom. The summed E-state index contributed by atoms with van der Waals surface area (Å²) in [6.07, 6.45) is 3.45. The van der Waals surface area contributed by atoms with Gasteiger partial charge in [-0.2, -0.15) is 0 Å². The lowest BCUT2D eigenvalue weighted by Crippen LogP contribution is -2.30. The molecule has 1 nitrogen and oxygen atoms in total. The summed E-state index contributed by atoms with van der Waals surface area (Å²) in [4.78, 5) is 0. The summed E-state index contributed by atoms with van der Waals surface area (Å²) in [6.45, 7) is 6.13. The molecule has 0 saturated carbocycles. The minimum absolute atomic E-state index is 0.235. The molecule has 1 unspecified atom stereocenters. The maximum absolute atomic E-state index is 13.1. The van der Waals surface area contributed by atoms with Crippen molar-refractivity contribution in [1.82, 2.24) is 0 Å². The van der Waals surface area contributed by atoms with Crippen LogP contribution in [0.3, 0.4) is 0 Å². The molecule has 2 heteroatoms. The largest absolute Gasteiger partial charge is 0.390 e. The fraction of sp³-hybridized carbons (Fsp3) is 0.600. The van der Waals surface area contributed by atoms with Crippen LogP contribution in [0.4, 0.5) is 4.39 Å². The first kappa shape index (κ1) is 14.2. The van der Waals surface area contributed by atoms with Gasteiger partial charge in [0.2, 0.25) is 0 Å². The van der Waals surface area contributed by atoms with E-state index in [1.54, 1.807) is 6.07 Å². The van der Waals surface area contributed by atoms with Gasteiger partial charge < -0.3 is 5.11 Å². The maximum Gasteiger partial charge on any atom is 0.123 e. The lowest BCUT2D eigenvalue weighted by Gasteiger charge is -2.27. The Morgan fingerprint density at radius 3 is 2.47 bits per heavy atom. The summed E-state index contributed by atoms with van der Waals surface area (Å²) in [5.41, 5.74) is 0.116. The predicted molar refractivity (Wildman–Crippen MR) is 69.4 cm³/mol. The lowest BCUT2D eigenvalue weighted by molar-refractivity contribution is 0.0326. The van der Waals surface area contributed by atoms with Gasteiger partial charge >= 0.3 is 0 Å². The molecule has 1 aromatic carbocycles. The zero-order chi connectivity index (χ0) is 12.9. The third-order valence-electron chi connectivity index (χ3n) is 3.36. The number of benzene rings is 1. The number of halogens is 1. The molecular formula is C15H23FO. The van der Waals surface area contributed by atoms with Crippen LogP contribution in [0.15, 0.2) is 24.3 Å². The van der Waals surface area contributed by atoms with E-state index in [0.717, 1.165) is 24.8 Å². The third-order valence-corrected chi connectivity index (χ3v) is 3.36. The van der Waals surface area contributed by atoms with E-state index in [-0.39, 0.29) is 5.82 Å². The summed E-state index contributed by atoms with van der Waals surface area (Å²) in [5.74, 6) is 0.305. The van der Waals surface area contributed by atoms with Crippen molar-refractivity contribution >= 4 is 0 Å². The molecule has 0 bridgehead atoms. The van der Waals surface area contributed by atoms with Crippen molar-refractivity contribution in [3.63, 3.8) is 0 Å². The number of hydrogen-bond donors (Lipinski definition) is 1. The maximum atomic E-state index is 13.1. The molecule has 0 radical (unpaired) electrons. The molecule has 96 valence electrons. The van der Waals surface area contributed by atoms with Gasteiger partial charge in [-0.15, -0.1) is 0 Å². The molecular weight excluding hydrogens is 215 g/mol. The van der Waals surface area contributed by atoms with Gasteiger partial charge in [-0.3, -0.25) is 0 Å². The highest BCUT2D eigenvalue weighted by Gasteiger charge is 2.24. The highest BCUT2D eigenvalue weighted by Crippen LogP contribution is 2.25. The van der Waals surface area contributed by atoms with Crippen LogP contribution in [0.2, 0.25) is 0 Å². The van der Waals surface area contributed by atoms with Crippen molar-refractivity contribution < 1.29 is 9.50 Å². The molecule has 1 rings (SSSR count). The van der Waals surface area contributed by atoms with E-state index >= 15 is 0 Å². The Hall–Kier alpha value is -0.890. The van der Waals surface area contributed by atoms with E-state index in [1.165, 1.54) is 12.1 Å². The van der Waals surface area contributed by atoms with Gasteiger partial charge in [-0.25, -0.2) is 4.39 Å². The van der Waals surface area contributed by atoms with E-state index in [2.05, 4.69) is 13.8 Å². The van der Waals surface area contributed by atoms with Gasteiger partial charge in [0.05, 0.1) is 5.60 Å². The number of rotatable bonds is 6. The second-order valence-electron chi connectivity index (χ2n) is 5.19. The van der Waals surface area contributed by atoms with Crippen LogP contribution in [-0.2, 0) is 6.42 Å². The van der Waals surface area contributed by atoms with Gasteiger partial charge in [-0.1, -0.05) is 38.8 Å². The zero-order valence-corrected chi connectivity index (χ0v) is 11.0. The van der Waals surface area contributed by atoms with E-state index < -0.39 is 5.60 Å². The van der Waals surface area contributed by atoms with Crippen molar-refractivity contribution in [3.05, 3.63) is 35.6 Å². The molecule has 0 aliphatic heterocycles. The molecule has 1 atom stereocenters. The molecule has 0 heterocycles. The van der Waals surface area contributed by atoms with Crippen LogP contribution < -0.4 is 0 Å². The van der Waals surface area contributed by atoms with E-state index in [4.69, 9.17) is 0 Å². The summed E-state index contributed by atoms with van der Waals surface area (Å²) >= 11 is 0. The van der Waals surface area contributed by atoms with Gasteiger partial charge in [-0.05, 0) is 37.0 Å². The zero-order valence-electron chi connectivity index (χ0n) is 11.0. The minimum Gasteiger partial charge on any atom is -0.390 e. The minimum atomic E-state index is -0.746. The van der Waals surface area contributed by atoms with E-state index in [0.29, 0.717) is 12.3 Å². The molecule has 1 N–H and O–H groups in total. The Morgan fingerprint density at radius 2 is 1.94 bits per heavy atom. The Labute approximate surface area is 104 Å². The molecule has 17 heavy (non-hydrogen) atoms. The van der Waals surface area contributed by atoms with Gasteiger partial charge in [0, 0.05) is 6.42 Å². The summed E-state index contributed by atoms with van der Waals surface area (Å²) in [6, 6.07) is 6.49. The Balaban J connectivity index is 2.65. The van der Waals surface area contributed by atoms with Crippen LogP contribution in [0, 0.1) is 11.7 Å². The fourth-order valence-corrected chi connectivity index (χ4v) is 2.36. The highest BCUT2D eigenvalue weighted by molar-refractivity contribution is 5.18. The molecule has 0 aliphatic carbocycles. The molecule has 0 amide bonds. The van der Waals surface area contributed by atoms with Crippen LogP contribution in [-0.4, -0.2) is 10.7 Å². The van der Waals surface area contributed by atoms with Gasteiger partial charge in [0.15, 0.2) is 0 Å². The summed E-state index contributed by atoms with van der Waals surface area (Å²) < 4.78 is 13.1. The van der Waals surface area contributed by atoms with Crippen LogP contribution in [0.1, 0.15) is 45.6 Å². The number of hydrogen-bond acceptors (Lipinski definition) is 1. The second kappa shape index (κ2) is 6.15. The molecule has 0 fully saturated rings. The first-order valence-corrected chi connectivity index (χ1v) is 6.43. The van der Waals surface area contributed by atoms with Crippen molar-refractivity contribution in [2.75, 3.05) is 0 Å². The van der Waals surface area contributed by atoms with E-state index in [9.17, 15) is 9.50 Å².